The number of piperazine rings is 1. The van der Waals surface area contributed by atoms with Crippen LogP contribution >= 0.6 is 35.6 Å². The average molecular weight is 547 g/mol. The van der Waals surface area contributed by atoms with Gasteiger partial charge in [0.05, 0.1) is 16.9 Å². The lowest BCUT2D eigenvalue weighted by Crippen LogP contribution is -2.55. The molecule has 1 N–H and O–H groups in total. The SMILES string of the molecule is CN=C(NCc1cc(Cl)c2c(c1)OCCO2)N1CCN(c2cnn(C)c2)C(=O)C1.I. The van der Waals surface area contributed by atoms with Gasteiger partial charge in [0.15, 0.2) is 17.5 Å². The van der Waals surface area contributed by atoms with Crippen LogP contribution in [0.2, 0.25) is 5.02 Å². The Bertz CT molecular complexity index is 950. The highest BCUT2D eigenvalue weighted by Gasteiger charge is 2.27. The first-order chi connectivity index (χ1) is 14.0. The highest BCUT2D eigenvalue weighted by molar-refractivity contribution is 14.0. The van der Waals surface area contributed by atoms with E-state index >= 15 is 0 Å². The number of guanidine groups is 1. The average Bonchev–Trinajstić information content (AvgIpc) is 3.14. The van der Waals surface area contributed by atoms with Crippen LogP contribution in [0.3, 0.4) is 0 Å². The van der Waals surface area contributed by atoms with E-state index in [1.807, 2.05) is 30.3 Å². The number of anilines is 1. The van der Waals surface area contributed by atoms with Crippen LogP contribution in [-0.4, -0.2) is 66.4 Å². The van der Waals surface area contributed by atoms with Gasteiger partial charge in [0.2, 0.25) is 5.91 Å². The molecule has 1 saturated heterocycles. The van der Waals surface area contributed by atoms with Gasteiger partial charge in [0.1, 0.15) is 19.8 Å². The van der Waals surface area contributed by atoms with E-state index in [2.05, 4.69) is 15.4 Å². The van der Waals surface area contributed by atoms with Gasteiger partial charge in [-0.2, -0.15) is 5.10 Å². The summed E-state index contributed by atoms with van der Waals surface area (Å²) in [7, 11) is 3.54. The molecule has 2 aliphatic heterocycles. The number of aromatic nitrogens is 2. The van der Waals surface area contributed by atoms with Crippen molar-refractivity contribution < 1.29 is 14.3 Å². The third-order valence-electron chi connectivity index (χ3n) is 4.84. The van der Waals surface area contributed by atoms with E-state index in [9.17, 15) is 4.79 Å². The third-order valence-corrected chi connectivity index (χ3v) is 5.12. The van der Waals surface area contributed by atoms with E-state index in [0.29, 0.717) is 55.3 Å². The first-order valence-corrected chi connectivity index (χ1v) is 9.75. The second kappa shape index (κ2) is 9.73. The van der Waals surface area contributed by atoms with Crippen LogP contribution in [0.25, 0.3) is 0 Å². The molecule has 1 aromatic carbocycles. The van der Waals surface area contributed by atoms with Crippen molar-refractivity contribution in [3.63, 3.8) is 0 Å². The molecule has 0 unspecified atom stereocenters. The van der Waals surface area contributed by atoms with Crippen molar-refractivity contribution in [3.05, 3.63) is 35.1 Å². The molecule has 0 saturated carbocycles. The summed E-state index contributed by atoms with van der Waals surface area (Å²) in [5.41, 5.74) is 1.76. The predicted octanol–water partition coefficient (Wildman–Crippen LogP) is 1.89. The van der Waals surface area contributed by atoms with Crippen molar-refractivity contribution >= 4 is 53.1 Å². The maximum absolute atomic E-state index is 12.6. The van der Waals surface area contributed by atoms with Crippen molar-refractivity contribution in [3.8, 4) is 11.5 Å². The molecule has 1 amide bonds. The van der Waals surface area contributed by atoms with Crippen molar-refractivity contribution in [2.24, 2.45) is 12.0 Å². The lowest BCUT2D eigenvalue weighted by atomic mass is 10.2. The number of aliphatic imine (C=N–C) groups is 1. The van der Waals surface area contributed by atoms with Gasteiger partial charge in [0.25, 0.3) is 0 Å². The molecule has 0 spiro atoms. The maximum atomic E-state index is 12.6. The highest BCUT2D eigenvalue weighted by atomic mass is 127. The third kappa shape index (κ3) is 4.75. The van der Waals surface area contributed by atoms with E-state index in [1.165, 1.54) is 0 Å². The molecule has 3 heterocycles. The first-order valence-electron chi connectivity index (χ1n) is 9.38. The second-order valence-electron chi connectivity index (χ2n) is 6.84. The summed E-state index contributed by atoms with van der Waals surface area (Å²) >= 11 is 6.31. The molecule has 2 aliphatic rings. The Hall–Kier alpha value is -2.21. The van der Waals surface area contributed by atoms with Crippen molar-refractivity contribution in [1.29, 1.82) is 0 Å². The van der Waals surface area contributed by atoms with Crippen LogP contribution in [0.15, 0.2) is 29.5 Å². The Morgan fingerprint density at radius 1 is 1.30 bits per heavy atom. The molecule has 0 radical (unpaired) electrons. The number of benzene rings is 1. The van der Waals surface area contributed by atoms with E-state index in [0.717, 1.165) is 11.3 Å². The second-order valence-corrected chi connectivity index (χ2v) is 7.25. The number of nitrogens with zero attached hydrogens (tertiary/aromatic N) is 5. The molecule has 162 valence electrons. The molecular weight excluding hydrogens is 523 g/mol. The molecule has 0 aliphatic carbocycles. The van der Waals surface area contributed by atoms with Gasteiger partial charge in [0, 0.05) is 39.9 Å². The lowest BCUT2D eigenvalue weighted by Gasteiger charge is -2.35. The van der Waals surface area contributed by atoms with Gasteiger partial charge < -0.3 is 24.6 Å². The Labute approximate surface area is 197 Å². The van der Waals surface area contributed by atoms with Gasteiger partial charge in [-0.1, -0.05) is 11.6 Å². The fourth-order valence-corrected chi connectivity index (χ4v) is 3.74. The smallest absolute Gasteiger partial charge is 0.246 e. The number of nitrogens with one attached hydrogen (secondary N) is 1. The minimum Gasteiger partial charge on any atom is -0.486 e. The predicted molar refractivity (Wildman–Crippen MR) is 125 cm³/mol. The zero-order chi connectivity index (χ0) is 20.4. The minimum atomic E-state index is 0. The van der Waals surface area contributed by atoms with E-state index in [4.69, 9.17) is 21.1 Å². The fourth-order valence-electron chi connectivity index (χ4n) is 3.45. The first kappa shape index (κ1) is 22.5. The number of ether oxygens (including phenoxy) is 2. The summed E-state index contributed by atoms with van der Waals surface area (Å²) in [6.45, 7) is 2.99. The monoisotopic (exact) mass is 546 g/mol. The van der Waals surface area contributed by atoms with Crippen LogP contribution in [-0.2, 0) is 18.4 Å². The molecule has 9 nitrogen and oxygen atoms in total. The molecule has 0 bridgehead atoms. The van der Waals surface area contributed by atoms with Crippen molar-refractivity contribution in [2.75, 3.05) is 44.8 Å². The number of carbonyl (C=O) groups excluding carboxylic acids is 1. The topological polar surface area (TPSA) is 84.2 Å². The zero-order valence-corrected chi connectivity index (χ0v) is 19.9. The van der Waals surface area contributed by atoms with Crippen LogP contribution < -0.4 is 19.7 Å². The number of fused-ring (bicyclic) bond motifs is 1. The number of aryl methyl sites for hydroxylation is 1. The lowest BCUT2D eigenvalue weighted by molar-refractivity contribution is -0.120. The summed E-state index contributed by atoms with van der Waals surface area (Å²) in [5, 5.41) is 7.97. The van der Waals surface area contributed by atoms with E-state index in [-0.39, 0.29) is 36.4 Å². The normalized spacial score (nSPS) is 16.4. The van der Waals surface area contributed by atoms with Crippen molar-refractivity contribution in [1.82, 2.24) is 20.0 Å². The van der Waals surface area contributed by atoms with E-state index in [1.54, 1.807) is 22.8 Å². The summed E-state index contributed by atoms with van der Waals surface area (Å²) in [6.07, 6.45) is 3.54. The van der Waals surface area contributed by atoms with Crippen molar-refractivity contribution in [2.45, 2.75) is 6.54 Å². The summed E-state index contributed by atoms with van der Waals surface area (Å²) in [4.78, 5) is 20.6. The summed E-state index contributed by atoms with van der Waals surface area (Å²) in [5.74, 6) is 1.91. The molecule has 1 aromatic heterocycles. The van der Waals surface area contributed by atoms with Crippen LogP contribution in [0.4, 0.5) is 5.69 Å². The van der Waals surface area contributed by atoms with Gasteiger partial charge in [-0.05, 0) is 17.7 Å². The molecule has 1 fully saturated rings. The van der Waals surface area contributed by atoms with Gasteiger partial charge >= 0.3 is 0 Å². The van der Waals surface area contributed by atoms with E-state index < -0.39 is 0 Å². The number of halogens is 2. The Morgan fingerprint density at radius 3 is 2.80 bits per heavy atom. The van der Waals surface area contributed by atoms with Gasteiger partial charge in [-0.15, -0.1) is 24.0 Å². The number of hydrogen-bond acceptors (Lipinski definition) is 5. The zero-order valence-electron chi connectivity index (χ0n) is 16.8. The Balaban J connectivity index is 0.00000256. The molecule has 30 heavy (non-hydrogen) atoms. The van der Waals surface area contributed by atoms with Gasteiger partial charge in [-0.25, -0.2) is 0 Å². The number of hydrogen-bond donors (Lipinski definition) is 1. The highest BCUT2D eigenvalue weighted by Crippen LogP contribution is 2.38. The van der Waals surface area contributed by atoms with Crippen LogP contribution in [0.5, 0.6) is 11.5 Å². The molecular formula is C19H24ClIN6O3. The largest absolute Gasteiger partial charge is 0.486 e. The molecule has 0 atom stereocenters. The number of carbonyl (C=O) groups is 1. The molecule has 2 aromatic rings. The maximum Gasteiger partial charge on any atom is 0.246 e. The fraction of sp³-hybridized carbons (Fsp3) is 0.421. The Morgan fingerprint density at radius 2 is 2.10 bits per heavy atom. The summed E-state index contributed by atoms with van der Waals surface area (Å²) in [6, 6.07) is 3.76. The number of rotatable bonds is 3. The number of amides is 1. The quantitative estimate of drug-likeness (QED) is 0.360. The molecule has 11 heteroatoms. The van der Waals surface area contributed by atoms with Crippen LogP contribution in [0.1, 0.15) is 5.56 Å². The standard InChI is InChI=1S/C19H23ClN6O3.HI/c1-21-19(22-9-13-7-15(20)18-16(8-13)28-5-6-29-18)25-3-4-26(17(27)12-25)14-10-23-24(2)11-14;/h7-8,10-11H,3-6,9,12H2,1-2H3,(H,21,22);1H. The Kier molecular flexibility index (Phi) is 7.29. The minimum absolute atomic E-state index is 0. The molecule has 4 rings (SSSR count). The summed E-state index contributed by atoms with van der Waals surface area (Å²) < 4.78 is 12.9. The van der Waals surface area contributed by atoms with Gasteiger partial charge in [-0.3, -0.25) is 14.5 Å². The van der Waals surface area contributed by atoms with Crippen LogP contribution in [0, 0.1) is 0 Å².